The summed E-state index contributed by atoms with van der Waals surface area (Å²) in [6, 6.07) is 2.72. The van der Waals surface area contributed by atoms with Crippen LogP contribution < -0.4 is 5.32 Å². The Hall–Kier alpha value is -2.22. The van der Waals surface area contributed by atoms with Gasteiger partial charge in [-0.1, -0.05) is 25.8 Å². The predicted molar refractivity (Wildman–Crippen MR) is 89.9 cm³/mol. The van der Waals surface area contributed by atoms with Crippen LogP contribution in [0.25, 0.3) is 0 Å². The summed E-state index contributed by atoms with van der Waals surface area (Å²) < 4.78 is 0. The number of imide groups is 1. The van der Waals surface area contributed by atoms with Crippen LogP contribution in [0.5, 0.6) is 0 Å². The lowest BCUT2D eigenvalue weighted by Gasteiger charge is -2.32. The number of ketones is 1. The van der Waals surface area contributed by atoms with E-state index in [0.29, 0.717) is 18.0 Å². The molecule has 130 valence electrons. The van der Waals surface area contributed by atoms with Gasteiger partial charge in [0.05, 0.1) is 11.4 Å². The second kappa shape index (κ2) is 8.58. The van der Waals surface area contributed by atoms with Gasteiger partial charge < -0.3 is 10.2 Å². The lowest BCUT2D eigenvalue weighted by atomic mass is 10.2. The van der Waals surface area contributed by atoms with E-state index in [-0.39, 0.29) is 18.9 Å². The molecule has 0 aromatic carbocycles. The number of amides is 4. The number of thiophene rings is 1. The van der Waals surface area contributed by atoms with Gasteiger partial charge >= 0.3 is 17.8 Å². The highest BCUT2D eigenvalue weighted by atomic mass is 32.1. The second-order valence-corrected chi connectivity index (χ2v) is 6.46. The Labute approximate surface area is 144 Å². The molecule has 1 aliphatic rings. The smallest absolute Gasteiger partial charge is 0.324 e. The number of hydrogen-bond acceptors (Lipinski definition) is 5. The molecule has 0 aliphatic carbocycles. The zero-order valence-electron chi connectivity index (χ0n) is 13.6. The summed E-state index contributed by atoms with van der Waals surface area (Å²) in [4.78, 5) is 50.9. The van der Waals surface area contributed by atoms with Gasteiger partial charge in [0.1, 0.15) is 0 Å². The molecule has 1 saturated heterocycles. The van der Waals surface area contributed by atoms with Crippen LogP contribution in [0.1, 0.15) is 35.9 Å². The molecule has 2 heterocycles. The Kier molecular flexibility index (Phi) is 6.48. The van der Waals surface area contributed by atoms with Crippen molar-refractivity contribution >= 4 is 35.0 Å². The number of Topliss-reactive ketones (excluding diaryl/α,β-unsaturated/α-hetero) is 1. The number of unbranched alkanes of at least 4 members (excludes halogenated alkanes) is 2. The van der Waals surface area contributed by atoms with Crippen molar-refractivity contribution in [2.75, 3.05) is 26.2 Å². The molecule has 2 rings (SSSR count). The maximum absolute atomic E-state index is 12.1. The maximum Gasteiger partial charge on any atom is 0.324 e. The average molecular weight is 351 g/mol. The van der Waals surface area contributed by atoms with Crippen LogP contribution in [-0.4, -0.2) is 59.6 Å². The molecule has 1 aromatic heterocycles. The van der Waals surface area contributed by atoms with Crippen LogP contribution in [0.3, 0.4) is 0 Å². The van der Waals surface area contributed by atoms with Gasteiger partial charge in [0, 0.05) is 19.6 Å². The molecule has 1 N–H and O–H groups in total. The molecular weight excluding hydrogens is 330 g/mol. The Morgan fingerprint density at radius 2 is 2.00 bits per heavy atom. The Morgan fingerprint density at radius 3 is 2.67 bits per heavy atom. The molecule has 1 aliphatic heterocycles. The fraction of sp³-hybridized carbons (Fsp3) is 0.500. The molecule has 0 bridgehead atoms. The summed E-state index contributed by atoms with van der Waals surface area (Å²) >= 11 is 1.29. The number of piperazine rings is 1. The second-order valence-electron chi connectivity index (χ2n) is 5.52. The van der Waals surface area contributed by atoms with E-state index in [4.69, 9.17) is 0 Å². The molecule has 7 nitrogen and oxygen atoms in total. The van der Waals surface area contributed by atoms with Crippen molar-refractivity contribution in [3.63, 3.8) is 0 Å². The van der Waals surface area contributed by atoms with Crippen molar-refractivity contribution in [1.82, 2.24) is 15.1 Å². The van der Waals surface area contributed by atoms with E-state index in [9.17, 15) is 19.2 Å². The van der Waals surface area contributed by atoms with E-state index in [1.54, 1.807) is 17.5 Å². The summed E-state index contributed by atoms with van der Waals surface area (Å²) in [5.74, 6) is -1.72. The molecule has 1 aromatic rings. The van der Waals surface area contributed by atoms with E-state index in [1.807, 2.05) is 0 Å². The molecular formula is C16H21N3O4S. The number of carbonyl (C=O) groups is 4. The van der Waals surface area contributed by atoms with Crippen molar-refractivity contribution in [3.8, 4) is 0 Å². The fourth-order valence-electron chi connectivity index (χ4n) is 2.41. The Bertz CT molecular complexity index is 615. The Morgan fingerprint density at radius 1 is 1.21 bits per heavy atom. The molecule has 24 heavy (non-hydrogen) atoms. The van der Waals surface area contributed by atoms with Crippen LogP contribution in [0.4, 0.5) is 4.79 Å². The average Bonchev–Trinajstić information content (AvgIpc) is 3.11. The van der Waals surface area contributed by atoms with Gasteiger partial charge in [0.2, 0.25) is 0 Å². The minimum Gasteiger partial charge on any atom is -0.333 e. The third kappa shape index (κ3) is 4.41. The summed E-state index contributed by atoms with van der Waals surface area (Å²) in [5.41, 5.74) is 0. The zero-order valence-corrected chi connectivity index (χ0v) is 14.4. The van der Waals surface area contributed by atoms with Gasteiger partial charge in [-0.05, 0) is 17.9 Å². The van der Waals surface area contributed by atoms with Crippen molar-refractivity contribution in [3.05, 3.63) is 22.4 Å². The Balaban J connectivity index is 1.84. The van der Waals surface area contributed by atoms with Gasteiger partial charge in [-0.15, -0.1) is 11.3 Å². The standard InChI is InChI=1S/C16H21N3O4S/c1-2-3-4-7-18-8-9-19(15(22)14(18)21)16(23)17-11-12(20)13-6-5-10-24-13/h5-6,10H,2-4,7-9,11H2,1H3,(H,17,23). The zero-order chi connectivity index (χ0) is 17.5. The van der Waals surface area contributed by atoms with Gasteiger partial charge in [-0.3, -0.25) is 19.3 Å². The maximum atomic E-state index is 12.1. The number of urea groups is 1. The quantitative estimate of drug-likeness (QED) is 0.458. The summed E-state index contributed by atoms with van der Waals surface area (Å²) in [5, 5.41) is 4.18. The SMILES string of the molecule is CCCCCN1CCN(C(=O)NCC(=O)c2cccs2)C(=O)C1=O. The monoisotopic (exact) mass is 351 g/mol. The van der Waals surface area contributed by atoms with Crippen LogP contribution in [-0.2, 0) is 9.59 Å². The molecule has 8 heteroatoms. The van der Waals surface area contributed by atoms with Crippen molar-refractivity contribution in [1.29, 1.82) is 0 Å². The summed E-state index contributed by atoms with van der Waals surface area (Å²) in [7, 11) is 0. The molecule has 0 atom stereocenters. The first kappa shape index (κ1) is 18.1. The van der Waals surface area contributed by atoms with Gasteiger partial charge in [0.25, 0.3) is 0 Å². The molecule has 1 fully saturated rings. The largest absolute Gasteiger partial charge is 0.333 e. The van der Waals surface area contributed by atoms with E-state index in [0.717, 1.165) is 24.2 Å². The first-order valence-corrected chi connectivity index (χ1v) is 8.88. The minimum absolute atomic E-state index is 0.149. The van der Waals surface area contributed by atoms with Gasteiger partial charge in [-0.2, -0.15) is 0 Å². The van der Waals surface area contributed by atoms with E-state index in [2.05, 4.69) is 12.2 Å². The topological polar surface area (TPSA) is 86.8 Å². The molecule has 4 amide bonds. The predicted octanol–water partition coefficient (Wildman–Crippen LogP) is 1.50. The number of hydrogen-bond donors (Lipinski definition) is 1. The number of carbonyl (C=O) groups excluding carboxylic acids is 4. The number of nitrogens with one attached hydrogen (secondary N) is 1. The van der Waals surface area contributed by atoms with Crippen LogP contribution >= 0.6 is 11.3 Å². The molecule has 0 unspecified atom stereocenters. The molecule has 0 radical (unpaired) electrons. The van der Waals surface area contributed by atoms with Crippen LogP contribution in [0.2, 0.25) is 0 Å². The normalized spacial score (nSPS) is 14.9. The highest BCUT2D eigenvalue weighted by molar-refractivity contribution is 7.12. The molecule has 0 spiro atoms. The van der Waals surface area contributed by atoms with Crippen molar-refractivity contribution in [2.45, 2.75) is 26.2 Å². The lowest BCUT2D eigenvalue weighted by molar-refractivity contribution is -0.153. The highest BCUT2D eigenvalue weighted by Gasteiger charge is 2.35. The summed E-state index contributed by atoms with van der Waals surface area (Å²) in [6.45, 7) is 2.88. The van der Waals surface area contributed by atoms with Crippen LogP contribution in [0.15, 0.2) is 17.5 Å². The third-order valence-corrected chi connectivity index (χ3v) is 4.69. The lowest BCUT2D eigenvalue weighted by Crippen LogP contribution is -2.58. The fourth-order valence-corrected chi connectivity index (χ4v) is 3.07. The van der Waals surface area contributed by atoms with E-state index >= 15 is 0 Å². The number of rotatable bonds is 7. The van der Waals surface area contributed by atoms with E-state index < -0.39 is 17.8 Å². The first-order valence-electron chi connectivity index (χ1n) is 8.00. The van der Waals surface area contributed by atoms with Crippen molar-refractivity contribution < 1.29 is 19.2 Å². The summed E-state index contributed by atoms with van der Waals surface area (Å²) in [6.07, 6.45) is 2.87. The minimum atomic E-state index is -0.834. The van der Waals surface area contributed by atoms with E-state index in [1.165, 1.54) is 16.2 Å². The first-order chi connectivity index (χ1) is 11.5. The third-order valence-electron chi connectivity index (χ3n) is 3.78. The highest BCUT2D eigenvalue weighted by Crippen LogP contribution is 2.10. The van der Waals surface area contributed by atoms with Gasteiger partial charge in [-0.25, -0.2) is 4.79 Å². The van der Waals surface area contributed by atoms with Gasteiger partial charge in [0.15, 0.2) is 5.78 Å². The molecule has 0 saturated carbocycles. The van der Waals surface area contributed by atoms with Crippen LogP contribution in [0, 0.1) is 0 Å². The van der Waals surface area contributed by atoms with Crippen molar-refractivity contribution in [2.24, 2.45) is 0 Å². The number of nitrogens with zero attached hydrogens (tertiary/aromatic N) is 2.